The molecule has 1 aromatic heterocycles. The molecule has 0 radical (unpaired) electrons. The molecule has 1 amide bonds. The summed E-state index contributed by atoms with van der Waals surface area (Å²) < 4.78 is 0. The van der Waals surface area contributed by atoms with Crippen LogP contribution in [-0.4, -0.2) is 46.7 Å². The van der Waals surface area contributed by atoms with E-state index in [1.807, 2.05) is 13.0 Å². The summed E-state index contributed by atoms with van der Waals surface area (Å²) in [6.07, 6.45) is 4.77. The summed E-state index contributed by atoms with van der Waals surface area (Å²) in [6.45, 7) is 4.60. The van der Waals surface area contributed by atoms with Crippen LogP contribution in [0.15, 0.2) is 48.8 Å². The number of amides is 1. The Labute approximate surface area is 199 Å². The first-order valence-corrected chi connectivity index (χ1v) is 11.5. The number of hydrogen-bond donors (Lipinski definition) is 0. The van der Waals surface area contributed by atoms with Crippen molar-refractivity contribution >= 4 is 17.7 Å². The number of benzene rings is 1. The molecule has 1 fully saturated rings. The van der Waals surface area contributed by atoms with Crippen molar-refractivity contribution in [2.75, 3.05) is 13.1 Å². The number of piperidine rings is 1. The minimum absolute atomic E-state index is 0.0822. The van der Waals surface area contributed by atoms with Crippen molar-refractivity contribution in [2.24, 2.45) is 5.92 Å². The molecule has 2 heterocycles. The highest BCUT2D eigenvalue weighted by molar-refractivity contribution is 5.98. The lowest BCUT2D eigenvalue weighted by Gasteiger charge is -2.32. The number of hydrogen-bond acceptors (Lipinski definition) is 7. The average Bonchev–Trinajstić information content (AvgIpc) is 2.88. The average molecular weight is 464 g/mol. The first-order valence-electron chi connectivity index (χ1n) is 11.5. The lowest BCUT2D eigenvalue weighted by atomic mass is 9.97. The largest absolute Gasteiger partial charge is 0.349 e. The molecule has 1 aliphatic heterocycles. The smallest absolute Gasteiger partial charge is 0.342 e. The van der Waals surface area contributed by atoms with E-state index in [1.54, 1.807) is 60.6 Å². The van der Waals surface area contributed by atoms with Crippen molar-refractivity contribution in [1.82, 2.24) is 9.88 Å². The van der Waals surface area contributed by atoms with E-state index in [9.17, 15) is 14.4 Å². The highest BCUT2D eigenvalue weighted by Crippen LogP contribution is 2.23. The Morgan fingerprint density at radius 2 is 1.76 bits per heavy atom. The summed E-state index contributed by atoms with van der Waals surface area (Å²) in [4.78, 5) is 54.0. The number of ketones is 1. The number of likely N-dealkylation sites (tertiary alicyclic amines) is 1. The highest BCUT2D eigenvalue weighted by Gasteiger charge is 2.29. The van der Waals surface area contributed by atoms with E-state index in [-0.39, 0.29) is 24.2 Å². The number of carbonyl (C=O) groups excluding carboxylic acids is 3. The van der Waals surface area contributed by atoms with Crippen LogP contribution in [0.4, 0.5) is 0 Å². The summed E-state index contributed by atoms with van der Waals surface area (Å²) >= 11 is 0. The summed E-state index contributed by atoms with van der Waals surface area (Å²) in [7, 11) is 0. The molecule has 0 aliphatic carbocycles. The second kappa shape index (κ2) is 12.1. The number of carbonyl (C=O) groups is 3. The van der Waals surface area contributed by atoms with E-state index in [1.165, 1.54) is 0 Å². The predicted octanol–water partition coefficient (Wildman–Crippen LogP) is 3.82. The zero-order chi connectivity index (χ0) is 24.5. The monoisotopic (exact) mass is 463 g/mol. The first kappa shape index (κ1) is 25.1. The molecule has 0 N–H and O–H groups in total. The molecule has 0 bridgehead atoms. The van der Waals surface area contributed by atoms with Gasteiger partial charge in [0.05, 0.1) is 17.6 Å². The van der Waals surface area contributed by atoms with Gasteiger partial charge in [0, 0.05) is 43.4 Å². The molecule has 1 aliphatic rings. The Morgan fingerprint density at radius 1 is 1.12 bits per heavy atom. The van der Waals surface area contributed by atoms with Gasteiger partial charge in [-0.3, -0.25) is 19.5 Å². The van der Waals surface area contributed by atoms with Gasteiger partial charge in [-0.25, -0.2) is 4.79 Å². The van der Waals surface area contributed by atoms with Gasteiger partial charge in [-0.05, 0) is 49.1 Å². The predicted molar refractivity (Wildman–Crippen MR) is 123 cm³/mol. The molecule has 178 valence electrons. The van der Waals surface area contributed by atoms with E-state index in [0.717, 1.165) is 5.56 Å². The molecule has 34 heavy (non-hydrogen) atoms. The fourth-order valence-corrected chi connectivity index (χ4v) is 4.01. The second-order valence-electron chi connectivity index (χ2n) is 8.48. The van der Waals surface area contributed by atoms with Gasteiger partial charge in [-0.15, -0.1) is 0 Å². The zero-order valence-electron chi connectivity index (χ0n) is 19.5. The molecule has 3 rings (SSSR count). The standard InChI is InChI=1S/C26H29N3O5/c1-3-23(20-8-12-28-13-9-20)26(32)34-33-22-10-14-29(15-11-22)25(31)18(2)16-24(30)21-6-4-19(17-27)5-7-21/h4-9,12-13,18,22-23H,3,10-11,14-16H2,1-2H3. The number of aromatic nitrogens is 1. The summed E-state index contributed by atoms with van der Waals surface area (Å²) in [5.74, 6) is -1.53. The van der Waals surface area contributed by atoms with Crippen LogP contribution in [-0.2, 0) is 19.4 Å². The quantitative estimate of drug-likeness (QED) is 0.316. The Hall–Kier alpha value is -3.57. The van der Waals surface area contributed by atoms with Crippen molar-refractivity contribution < 1.29 is 24.2 Å². The van der Waals surface area contributed by atoms with Crippen LogP contribution in [0.2, 0.25) is 0 Å². The van der Waals surface area contributed by atoms with Gasteiger partial charge < -0.3 is 4.90 Å². The van der Waals surface area contributed by atoms with E-state index < -0.39 is 17.8 Å². The number of pyridine rings is 1. The van der Waals surface area contributed by atoms with Crippen LogP contribution in [0.1, 0.15) is 66.9 Å². The van der Waals surface area contributed by atoms with E-state index in [0.29, 0.717) is 43.5 Å². The van der Waals surface area contributed by atoms with Crippen LogP contribution >= 0.6 is 0 Å². The first-order chi connectivity index (χ1) is 16.4. The van der Waals surface area contributed by atoms with Gasteiger partial charge in [-0.1, -0.05) is 26.0 Å². The van der Waals surface area contributed by atoms with Gasteiger partial charge in [-0.2, -0.15) is 10.1 Å². The van der Waals surface area contributed by atoms with Crippen molar-refractivity contribution in [1.29, 1.82) is 5.26 Å². The van der Waals surface area contributed by atoms with Gasteiger partial charge in [0.2, 0.25) is 5.91 Å². The molecule has 1 aromatic carbocycles. The number of nitriles is 1. The molecule has 0 saturated carbocycles. The van der Waals surface area contributed by atoms with Gasteiger partial charge >= 0.3 is 5.97 Å². The third-order valence-corrected chi connectivity index (χ3v) is 6.07. The van der Waals surface area contributed by atoms with E-state index in [2.05, 4.69) is 4.98 Å². The maximum Gasteiger partial charge on any atom is 0.349 e. The molecule has 2 unspecified atom stereocenters. The normalized spacial score (nSPS) is 15.7. The topological polar surface area (TPSA) is 110 Å². The number of nitrogens with zero attached hydrogens (tertiary/aromatic N) is 3. The van der Waals surface area contributed by atoms with Crippen molar-refractivity contribution in [2.45, 2.75) is 51.6 Å². The highest BCUT2D eigenvalue weighted by atomic mass is 17.2. The zero-order valence-corrected chi connectivity index (χ0v) is 19.5. The lowest BCUT2D eigenvalue weighted by molar-refractivity contribution is -0.304. The SMILES string of the molecule is CCC(C(=O)OOC1CCN(C(=O)C(C)CC(=O)c2ccc(C#N)cc2)CC1)c1ccncc1. The molecule has 2 aromatic rings. The summed E-state index contributed by atoms with van der Waals surface area (Å²) in [5.41, 5.74) is 1.81. The molecule has 1 saturated heterocycles. The third-order valence-electron chi connectivity index (χ3n) is 6.07. The van der Waals surface area contributed by atoms with Crippen molar-refractivity contribution in [3.8, 4) is 6.07 Å². The molecule has 8 nitrogen and oxygen atoms in total. The Bertz CT molecular complexity index is 1020. The van der Waals surface area contributed by atoms with Crippen molar-refractivity contribution in [3.05, 3.63) is 65.5 Å². The van der Waals surface area contributed by atoms with E-state index >= 15 is 0 Å². The minimum atomic E-state index is -0.455. The van der Waals surface area contributed by atoms with Crippen LogP contribution in [0.3, 0.4) is 0 Å². The van der Waals surface area contributed by atoms with Crippen LogP contribution < -0.4 is 0 Å². The van der Waals surface area contributed by atoms with Crippen LogP contribution in [0.5, 0.6) is 0 Å². The molecule has 8 heteroatoms. The summed E-state index contributed by atoms with van der Waals surface area (Å²) in [5, 5.41) is 8.87. The minimum Gasteiger partial charge on any atom is -0.342 e. The summed E-state index contributed by atoms with van der Waals surface area (Å²) in [6, 6.07) is 12.0. The van der Waals surface area contributed by atoms with E-state index in [4.69, 9.17) is 15.0 Å². The number of rotatable bonds is 9. The Kier molecular flexibility index (Phi) is 8.88. The van der Waals surface area contributed by atoms with Crippen molar-refractivity contribution in [3.63, 3.8) is 0 Å². The Morgan fingerprint density at radius 3 is 2.35 bits per heavy atom. The van der Waals surface area contributed by atoms with Gasteiger partial charge in [0.1, 0.15) is 6.10 Å². The second-order valence-corrected chi connectivity index (χ2v) is 8.48. The van der Waals surface area contributed by atoms with Gasteiger partial charge in [0.15, 0.2) is 5.78 Å². The fourth-order valence-electron chi connectivity index (χ4n) is 4.01. The molecular formula is C26H29N3O5. The van der Waals surface area contributed by atoms with Crippen LogP contribution in [0.25, 0.3) is 0 Å². The number of Topliss-reactive ketones (excluding diaryl/α,β-unsaturated/α-hetero) is 1. The lowest BCUT2D eigenvalue weighted by Crippen LogP contribution is -2.43. The van der Waals surface area contributed by atoms with Crippen LogP contribution in [0, 0.1) is 17.2 Å². The van der Waals surface area contributed by atoms with Gasteiger partial charge in [0.25, 0.3) is 0 Å². The maximum atomic E-state index is 12.8. The Balaban J connectivity index is 1.43. The third kappa shape index (κ3) is 6.49. The fraction of sp³-hybridized carbons (Fsp3) is 0.423. The molecule has 2 atom stereocenters. The maximum absolute atomic E-state index is 12.8. The molecular weight excluding hydrogens is 434 g/mol. The molecule has 0 spiro atoms.